The molecule has 0 saturated carbocycles. The topological polar surface area (TPSA) is 87.5 Å². The van der Waals surface area contributed by atoms with Gasteiger partial charge in [-0.1, -0.05) is 63.6 Å². The second-order valence-corrected chi connectivity index (χ2v) is 11.3. The molecule has 7 nitrogen and oxygen atoms in total. The van der Waals surface area contributed by atoms with Crippen LogP contribution in [0, 0.1) is 11.3 Å². The van der Waals surface area contributed by atoms with Crippen LogP contribution in [-0.4, -0.2) is 50.7 Å². The minimum atomic E-state index is -1.10. The molecule has 2 aromatic carbocycles. The molecule has 0 radical (unpaired) electrons. The molecule has 2 atom stereocenters. The number of aliphatic hydroxyl groups is 1. The van der Waals surface area contributed by atoms with Gasteiger partial charge in [0, 0.05) is 47.9 Å². The van der Waals surface area contributed by atoms with E-state index >= 15 is 0 Å². The molecule has 0 aliphatic carbocycles. The first-order valence-corrected chi connectivity index (χ1v) is 13.0. The number of rotatable bonds is 6. The van der Waals surface area contributed by atoms with Crippen LogP contribution in [-0.2, 0) is 17.4 Å². The summed E-state index contributed by atoms with van der Waals surface area (Å²) in [5, 5.41) is 19.5. The van der Waals surface area contributed by atoms with Crippen molar-refractivity contribution in [2.45, 2.75) is 45.8 Å². The number of aromatic nitrogens is 2. The second kappa shape index (κ2) is 10.3. The van der Waals surface area contributed by atoms with Crippen LogP contribution in [0.3, 0.4) is 0 Å². The van der Waals surface area contributed by atoms with E-state index in [1.807, 2.05) is 71.1 Å². The zero-order chi connectivity index (χ0) is 27.0. The molecule has 4 rings (SSSR count). The van der Waals surface area contributed by atoms with Gasteiger partial charge in [-0.15, -0.1) is 0 Å². The normalized spacial score (nSPS) is 20.1. The minimum absolute atomic E-state index is 0.114. The molecule has 1 aromatic heterocycles. The molecule has 2 amide bonds. The summed E-state index contributed by atoms with van der Waals surface area (Å²) in [5.41, 5.74) is 1.33. The van der Waals surface area contributed by atoms with E-state index in [0.29, 0.717) is 30.1 Å². The number of nitrogens with one attached hydrogen (secondary N) is 1. The van der Waals surface area contributed by atoms with Gasteiger partial charge in [-0.2, -0.15) is 5.10 Å². The molecular weight excluding hydrogens is 488 g/mol. The molecule has 3 aromatic rings. The highest BCUT2D eigenvalue weighted by atomic mass is 35.5. The second-order valence-electron chi connectivity index (χ2n) is 10.9. The number of carbonyl (C=O) groups excluding carboxylic acids is 2. The van der Waals surface area contributed by atoms with E-state index in [4.69, 9.17) is 11.6 Å². The van der Waals surface area contributed by atoms with Gasteiger partial charge >= 0.3 is 0 Å². The average Bonchev–Trinajstić information content (AvgIpc) is 3.29. The summed E-state index contributed by atoms with van der Waals surface area (Å²) in [7, 11) is 1.85. The van der Waals surface area contributed by atoms with E-state index in [2.05, 4.69) is 10.4 Å². The smallest absolute Gasteiger partial charge is 0.251 e. The molecule has 196 valence electrons. The highest BCUT2D eigenvalue weighted by molar-refractivity contribution is 6.30. The Morgan fingerprint density at radius 2 is 1.81 bits per heavy atom. The molecule has 1 aliphatic rings. The number of nitrogens with zero attached hydrogens (tertiary/aromatic N) is 3. The number of halogens is 1. The maximum Gasteiger partial charge on any atom is 0.251 e. The SMILES string of the molecule is CC(C)[C@@H](NC(=O)c1cccc(-c2ccnn2C)c1)C(=O)N1CC[C@](O)(c2ccc(Cl)cc2)C(C)(C)C1. The number of benzene rings is 2. The van der Waals surface area contributed by atoms with Crippen molar-refractivity contribution in [3.8, 4) is 11.3 Å². The van der Waals surface area contributed by atoms with Gasteiger partial charge in [0.15, 0.2) is 0 Å². The standard InChI is InChI=1S/C29H35ClN4O3/c1-19(2)25(32-26(35)21-8-6-7-20(17-21)24-13-15-31-33(24)5)27(36)34-16-14-29(37,28(3,4)18-34)22-9-11-23(30)12-10-22/h6-13,15,17,19,25,37H,14,16,18H2,1-5H3,(H,32,35)/t25-,29+/m1/s1. The monoisotopic (exact) mass is 522 g/mol. The van der Waals surface area contributed by atoms with Crippen molar-refractivity contribution < 1.29 is 14.7 Å². The summed E-state index contributed by atoms with van der Waals surface area (Å²) in [6, 6.07) is 15.7. The van der Waals surface area contributed by atoms with E-state index in [0.717, 1.165) is 16.8 Å². The molecule has 1 saturated heterocycles. The number of amides is 2. The van der Waals surface area contributed by atoms with Gasteiger partial charge in [0.05, 0.1) is 11.3 Å². The van der Waals surface area contributed by atoms with Crippen LogP contribution in [0.2, 0.25) is 5.02 Å². The van der Waals surface area contributed by atoms with Crippen LogP contribution >= 0.6 is 11.6 Å². The van der Waals surface area contributed by atoms with E-state index in [1.165, 1.54) is 0 Å². The van der Waals surface area contributed by atoms with Gasteiger partial charge in [0.1, 0.15) is 6.04 Å². The maximum atomic E-state index is 13.7. The Bertz CT molecular complexity index is 1280. The molecule has 0 bridgehead atoms. The van der Waals surface area contributed by atoms with Crippen molar-refractivity contribution in [3.63, 3.8) is 0 Å². The third-order valence-corrected chi connectivity index (χ3v) is 7.80. The van der Waals surface area contributed by atoms with Crippen molar-refractivity contribution in [2.24, 2.45) is 18.4 Å². The molecule has 0 spiro atoms. The molecule has 1 aliphatic heterocycles. The number of hydrogen-bond acceptors (Lipinski definition) is 4. The number of hydrogen-bond donors (Lipinski definition) is 2. The summed E-state index contributed by atoms with van der Waals surface area (Å²) in [4.78, 5) is 28.7. The van der Waals surface area contributed by atoms with Crippen LogP contribution in [0.25, 0.3) is 11.3 Å². The summed E-state index contributed by atoms with van der Waals surface area (Å²) in [6.07, 6.45) is 2.10. The third kappa shape index (κ3) is 5.29. The first kappa shape index (κ1) is 26.9. The molecular formula is C29H35ClN4O3. The fourth-order valence-electron chi connectivity index (χ4n) is 5.18. The van der Waals surface area contributed by atoms with Gasteiger partial charge in [0.2, 0.25) is 5.91 Å². The zero-order valence-corrected chi connectivity index (χ0v) is 22.8. The highest BCUT2D eigenvalue weighted by Crippen LogP contribution is 2.46. The number of carbonyl (C=O) groups is 2. The van der Waals surface area contributed by atoms with E-state index in [1.54, 1.807) is 34.0 Å². The first-order valence-electron chi connectivity index (χ1n) is 12.6. The molecule has 1 fully saturated rings. The van der Waals surface area contributed by atoms with Crippen LogP contribution in [0.15, 0.2) is 60.8 Å². The first-order chi connectivity index (χ1) is 17.4. The predicted octanol–water partition coefficient (Wildman–Crippen LogP) is 4.64. The van der Waals surface area contributed by atoms with Crippen LogP contribution < -0.4 is 5.32 Å². The summed E-state index contributed by atoms with van der Waals surface area (Å²) < 4.78 is 1.75. The lowest BCUT2D eigenvalue weighted by Gasteiger charge is -2.51. The third-order valence-electron chi connectivity index (χ3n) is 7.54. The quantitative estimate of drug-likeness (QED) is 0.493. The van der Waals surface area contributed by atoms with Crippen molar-refractivity contribution >= 4 is 23.4 Å². The van der Waals surface area contributed by atoms with E-state index < -0.39 is 17.1 Å². The highest BCUT2D eigenvalue weighted by Gasteiger charge is 2.50. The van der Waals surface area contributed by atoms with Crippen molar-refractivity contribution in [1.82, 2.24) is 20.0 Å². The lowest BCUT2D eigenvalue weighted by molar-refractivity contribution is -0.155. The Morgan fingerprint density at radius 1 is 1.11 bits per heavy atom. The summed E-state index contributed by atoms with van der Waals surface area (Å²) in [6.45, 7) is 8.53. The molecule has 2 heterocycles. The van der Waals surface area contributed by atoms with Gasteiger partial charge < -0.3 is 15.3 Å². The zero-order valence-electron chi connectivity index (χ0n) is 22.0. The fourth-order valence-corrected chi connectivity index (χ4v) is 5.31. The number of aryl methyl sites for hydroxylation is 1. The maximum absolute atomic E-state index is 13.7. The fraction of sp³-hybridized carbons (Fsp3) is 0.414. The largest absolute Gasteiger partial charge is 0.384 e. The molecule has 37 heavy (non-hydrogen) atoms. The molecule has 0 unspecified atom stereocenters. The van der Waals surface area contributed by atoms with Crippen LogP contribution in [0.5, 0.6) is 0 Å². The van der Waals surface area contributed by atoms with Gasteiger partial charge in [-0.3, -0.25) is 14.3 Å². The Morgan fingerprint density at radius 3 is 2.41 bits per heavy atom. The Balaban J connectivity index is 1.50. The van der Waals surface area contributed by atoms with Gasteiger partial charge in [-0.05, 0) is 48.2 Å². The van der Waals surface area contributed by atoms with E-state index in [9.17, 15) is 14.7 Å². The van der Waals surface area contributed by atoms with Crippen molar-refractivity contribution in [2.75, 3.05) is 13.1 Å². The average molecular weight is 523 g/mol. The summed E-state index contributed by atoms with van der Waals surface area (Å²) in [5.74, 6) is -0.556. The van der Waals surface area contributed by atoms with Crippen molar-refractivity contribution in [3.05, 3.63) is 76.9 Å². The van der Waals surface area contributed by atoms with Crippen LogP contribution in [0.1, 0.15) is 50.0 Å². The Labute approximate surface area is 223 Å². The predicted molar refractivity (Wildman–Crippen MR) is 145 cm³/mol. The Kier molecular flexibility index (Phi) is 7.49. The van der Waals surface area contributed by atoms with E-state index in [-0.39, 0.29) is 17.7 Å². The number of piperidine rings is 1. The van der Waals surface area contributed by atoms with Crippen LogP contribution in [0.4, 0.5) is 0 Å². The lowest BCUT2D eigenvalue weighted by atomic mass is 9.66. The molecule has 2 N–H and O–H groups in total. The van der Waals surface area contributed by atoms with Crippen molar-refractivity contribution in [1.29, 1.82) is 0 Å². The lowest BCUT2D eigenvalue weighted by Crippen LogP contribution is -2.60. The summed E-state index contributed by atoms with van der Waals surface area (Å²) >= 11 is 6.05. The Hall–Kier alpha value is -3.16. The van der Waals surface area contributed by atoms with Gasteiger partial charge in [0.25, 0.3) is 5.91 Å². The number of likely N-dealkylation sites (tertiary alicyclic amines) is 1. The molecule has 8 heteroatoms. The minimum Gasteiger partial charge on any atom is -0.384 e. The van der Waals surface area contributed by atoms with Gasteiger partial charge in [-0.25, -0.2) is 0 Å².